The topological polar surface area (TPSA) is 65.2 Å². The number of rotatable bonds is 6. The highest BCUT2D eigenvalue weighted by molar-refractivity contribution is 7.92. The number of likely N-dealkylation sites (N-methyl/N-ethyl adjacent to an activating group) is 1. The third-order valence-electron chi connectivity index (χ3n) is 5.23. The molecule has 2 N–H and O–H groups in total. The fourth-order valence-electron chi connectivity index (χ4n) is 3.60. The zero-order valence-corrected chi connectivity index (χ0v) is 17.7. The summed E-state index contributed by atoms with van der Waals surface area (Å²) < 4.78 is 28.7. The number of nitrogens with zero attached hydrogens (tertiary/aromatic N) is 1. The molecule has 0 radical (unpaired) electrons. The van der Waals surface area contributed by atoms with Crippen molar-refractivity contribution in [2.24, 2.45) is 0 Å². The predicted octanol–water partition coefficient (Wildman–Crippen LogP) is 4.53. The van der Waals surface area contributed by atoms with E-state index in [-0.39, 0.29) is 4.90 Å². The molecule has 0 aliphatic carbocycles. The van der Waals surface area contributed by atoms with Crippen molar-refractivity contribution in [2.45, 2.75) is 18.2 Å². The molecule has 4 rings (SSSR count). The fraction of sp³-hybridized carbons (Fsp3) is 0.217. The second-order valence-electron chi connectivity index (χ2n) is 7.69. The van der Waals surface area contributed by atoms with Gasteiger partial charge in [-0.2, -0.15) is 0 Å². The molecule has 1 aromatic heterocycles. The normalized spacial score (nSPS) is 12.1. The molecule has 0 bridgehead atoms. The van der Waals surface area contributed by atoms with Gasteiger partial charge < -0.3 is 9.88 Å². The van der Waals surface area contributed by atoms with Crippen LogP contribution in [0.1, 0.15) is 11.1 Å². The van der Waals surface area contributed by atoms with Gasteiger partial charge in [0.05, 0.1) is 4.90 Å². The molecule has 6 heteroatoms. The van der Waals surface area contributed by atoms with E-state index in [2.05, 4.69) is 14.6 Å². The predicted molar refractivity (Wildman–Crippen MR) is 120 cm³/mol. The molecule has 4 aromatic rings. The van der Waals surface area contributed by atoms with Crippen LogP contribution < -0.4 is 4.72 Å². The minimum absolute atomic E-state index is 0.262. The quantitative estimate of drug-likeness (QED) is 0.493. The Morgan fingerprint density at radius 2 is 1.83 bits per heavy atom. The lowest BCUT2D eigenvalue weighted by molar-refractivity contribution is 0.414. The van der Waals surface area contributed by atoms with Crippen LogP contribution in [-0.2, 0) is 16.4 Å². The van der Waals surface area contributed by atoms with Crippen molar-refractivity contribution in [3.63, 3.8) is 0 Å². The van der Waals surface area contributed by atoms with E-state index >= 15 is 0 Å². The SMILES string of the molecule is Cc1cccc2cc(S(=O)(=O)Nc3ccc4[nH]cc(CCN(C)C)c4c3)ccc12. The molecule has 0 amide bonds. The van der Waals surface area contributed by atoms with E-state index in [1.165, 1.54) is 5.56 Å². The smallest absolute Gasteiger partial charge is 0.261 e. The second-order valence-corrected chi connectivity index (χ2v) is 9.37. The summed E-state index contributed by atoms with van der Waals surface area (Å²) in [6, 6.07) is 16.8. The van der Waals surface area contributed by atoms with E-state index in [0.29, 0.717) is 5.69 Å². The first-order valence-electron chi connectivity index (χ1n) is 9.60. The molecule has 0 aliphatic rings. The number of nitrogens with one attached hydrogen (secondary N) is 2. The van der Waals surface area contributed by atoms with Crippen LogP contribution in [-0.4, -0.2) is 38.9 Å². The maximum absolute atomic E-state index is 13.0. The molecule has 1 heterocycles. The molecule has 0 spiro atoms. The number of aromatic amines is 1. The fourth-order valence-corrected chi connectivity index (χ4v) is 4.68. The van der Waals surface area contributed by atoms with Crippen LogP contribution in [0.15, 0.2) is 65.7 Å². The largest absolute Gasteiger partial charge is 0.361 e. The van der Waals surface area contributed by atoms with E-state index in [1.807, 2.05) is 63.6 Å². The highest BCUT2D eigenvalue weighted by atomic mass is 32.2. The van der Waals surface area contributed by atoms with Crippen LogP contribution in [0, 0.1) is 6.92 Å². The average Bonchev–Trinajstić information content (AvgIpc) is 3.08. The molecule has 0 saturated heterocycles. The van der Waals surface area contributed by atoms with Gasteiger partial charge in [-0.1, -0.05) is 24.3 Å². The number of aromatic nitrogens is 1. The summed E-state index contributed by atoms with van der Waals surface area (Å²) in [6.07, 6.45) is 2.89. The number of sulfonamides is 1. The number of benzene rings is 3. The molecule has 0 atom stereocenters. The lowest BCUT2D eigenvalue weighted by Crippen LogP contribution is -2.15. The Bertz CT molecular complexity index is 1290. The maximum atomic E-state index is 13.0. The van der Waals surface area contributed by atoms with Crippen LogP contribution in [0.4, 0.5) is 5.69 Å². The minimum atomic E-state index is -3.68. The van der Waals surface area contributed by atoms with Crippen molar-refractivity contribution < 1.29 is 8.42 Å². The van der Waals surface area contributed by atoms with Gasteiger partial charge in [-0.05, 0) is 79.7 Å². The number of H-pyrrole nitrogens is 1. The number of hydrogen-bond acceptors (Lipinski definition) is 3. The van der Waals surface area contributed by atoms with Gasteiger partial charge in [-0.3, -0.25) is 4.72 Å². The Morgan fingerprint density at radius 3 is 2.62 bits per heavy atom. The van der Waals surface area contributed by atoms with E-state index in [0.717, 1.165) is 40.2 Å². The molecule has 150 valence electrons. The van der Waals surface area contributed by atoms with Crippen LogP contribution in [0.5, 0.6) is 0 Å². The molecule has 3 aromatic carbocycles. The minimum Gasteiger partial charge on any atom is -0.361 e. The highest BCUT2D eigenvalue weighted by Crippen LogP contribution is 2.26. The molecular formula is C23H25N3O2S. The number of fused-ring (bicyclic) bond motifs is 2. The van der Waals surface area contributed by atoms with Crippen molar-refractivity contribution in [1.29, 1.82) is 0 Å². The summed E-state index contributed by atoms with van der Waals surface area (Å²) in [6.45, 7) is 2.95. The number of hydrogen-bond donors (Lipinski definition) is 2. The third kappa shape index (κ3) is 3.99. The van der Waals surface area contributed by atoms with Crippen LogP contribution >= 0.6 is 0 Å². The maximum Gasteiger partial charge on any atom is 0.261 e. The zero-order chi connectivity index (χ0) is 20.6. The Kier molecular flexibility index (Phi) is 5.06. The molecule has 29 heavy (non-hydrogen) atoms. The lowest BCUT2D eigenvalue weighted by Gasteiger charge is -2.11. The Morgan fingerprint density at radius 1 is 1.00 bits per heavy atom. The Labute approximate surface area is 171 Å². The Hall–Kier alpha value is -2.83. The monoisotopic (exact) mass is 407 g/mol. The third-order valence-corrected chi connectivity index (χ3v) is 6.61. The summed E-state index contributed by atoms with van der Waals surface area (Å²) in [5.41, 5.74) is 3.87. The van der Waals surface area contributed by atoms with Gasteiger partial charge in [-0.15, -0.1) is 0 Å². The molecule has 0 aliphatic heterocycles. The molecule has 0 unspecified atom stereocenters. The molecule has 0 fully saturated rings. The van der Waals surface area contributed by atoms with Gasteiger partial charge in [-0.25, -0.2) is 8.42 Å². The highest BCUT2D eigenvalue weighted by Gasteiger charge is 2.16. The van der Waals surface area contributed by atoms with Gasteiger partial charge in [0, 0.05) is 29.3 Å². The van der Waals surface area contributed by atoms with Gasteiger partial charge in [0.15, 0.2) is 0 Å². The van der Waals surface area contributed by atoms with Crippen molar-refractivity contribution in [3.8, 4) is 0 Å². The zero-order valence-electron chi connectivity index (χ0n) is 16.9. The molecule has 5 nitrogen and oxygen atoms in total. The van der Waals surface area contributed by atoms with E-state index in [9.17, 15) is 8.42 Å². The van der Waals surface area contributed by atoms with E-state index < -0.39 is 10.0 Å². The summed E-state index contributed by atoms with van der Waals surface area (Å²) in [4.78, 5) is 5.66. The van der Waals surface area contributed by atoms with Crippen LogP contribution in [0.3, 0.4) is 0 Å². The van der Waals surface area contributed by atoms with Crippen molar-refractivity contribution in [2.75, 3.05) is 25.4 Å². The average molecular weight is 408 g/mol. The van der Waals surface area contributed by atoms with Crippen molar-refractivity contribution in [1.82, 2.24) is 9.88 Å². The second kappa shape index (κ2) is 7.54. The summed E-state index contributed by atoms with van der Waals surface area (Å²) >= 11 is 0. The Balaban J connectivity index is 1.65. The number of anilines is 1. The first-order chi connectivity index (χ1) is 13.8. The number of aryl methyl sites for hydroxylation is 1. The first-order valence-corrected chi connectivity index (χ1v) is 11.1. The lowest BCUT2D eigenvalue weighted by atomic mass is 10.1. The van der Waals surface area contributed by atoms with Gasteiger partial charge in [0.1, 0.15) is 0 Å². The van der Waals surface area contributed by atoms with Crippen molar-refractivity contribution in [3.05, 3.63) is 71.9 Å². The van der Waals surface area contributed by atoms with Crippen LogP contribution in [0.25, 0.3) is 21.7 Å². The van der Waals surface area contributed by atoms with Crippen LogP contribution in [0.2, 0.25) is 0 Å². The summed E-state index contributed by atoms with van der Waals surface area (Å²) in [5, 5.41) is 3.02. The van der Waals surface area contributed by atoms with Gasteiger partial charge >= 0.3 is 0 Å². The van der Waals surface area contributed by atoms with Gasteiger partial charge in [0.2, 0.25) is 0 Å². The molecular weight excluding hydrogens is 382 g/mol. The van der Waals surface area contributed by atoms with Gasteiger partial charge in [0.25, 0.3) is 10.0 Å². The standard InChI is InChI=1S/C23H25N3O2S/c1-16-5-4-6-17-13-20(8-9-21(16)17)29(27,28)25-19-7-10-23-22(14-19)18(15-24-23)11-12-26(2)3/h4-10,13-15,24-25H,11-12H2,1-3H3. The van der Waals surface area contributed by atoms with E-state index in [1.54, 1.807) is 18.2 Å². The summed E-state index contributed by atoms with van der Waals surface area (Å²) in [5.74, 6) is 0. The van der Waals surface area contributed by atoms with Crippen molar-refractivity contribution >= 4 is 37.4 Å². The van der Waals surface area contributed by atoms with E-state index in [4.69, 9.17) is 0 Å². The molecule has 0 saturated carbocycles. The first kappa shape index (κ1) is 19.5. The summed E-state index contributed by atoms with van der Waals surface area (Å²) in [7, 11) is 0.406.